The molecule has 0 radical (unpaired) electrons. The fraction of sp³-hybridized carbons (Fsp3) is 0.136. The molecule has 0 unspecified atom stereocenters. The number of hydrogen-bond donors (Lipinski definition) is 1. The van der Waals surface area contributed by atoms with Crippen molar-refractivity contribution in [2.24, 2.45) is 0 Å². The number of aryl methyl sites for hydroxylation is 1. The lowest BCUT2D eigenvalue weighted by Crippen LogP contribution is -2.08. The summed E-state index contributed by atoms with van der Waals surface area (Å²) in [7, 11) is 0. The normalized spacial score (nSPS) is 11.2. The maximum absolute atomic E-state index is 12.2. The van der Waals surface area contributed by atoms with Crippen molar-refractivity contribution in [2.45, 2.75) is 19.3 Å². The van der Waals surface area contributed by atoms with Crippen LogP contribution in [0.5, 0.6) is 5.75 Å². The van der Waals surface area contributed by atoms with E-state index in [0.717, 1.165) is 12.8 Å². The highest BCUT2D eigenvalue weighted by Gasteiger charge is 2.13. The largest absolute Gasteiger partial charge is 0.507 e. The van der Waals surface area contributed by atoms with Gasteiger partial charge < -0.3 is 9.52 Å². The van der Waals surface area contributed by atoms with E-state index in [1.165, 1.54) is 16.3 Å². The van der Waals surface area contributed by atoms with Gasteiger partial charge in [-0.1, -0.05) is 54.6 Å². The molecule has 0 amide bonds. The summed E-state index contributed by atoms with van der Waals surface area (Å²) < 4.78 is 5.33. The topological polar surface area (TPSA) is 50.4 Å². The molecule has 1 heterocycles. The SMILES string of the molecule is O=c1oc2ccccc2c(O)c1CCCc1cccc2ccccc12. The first-order valence-corrected chi connectivity index (χ1v) is 8.44. The summed E-state index contributed by atoms with van der Waals surface area (Å²) in [4.78, 5) is 12.2. The predicted octanol–water partition coefficient (Wildman–Crippen LogP) is 4.83. The molecule has 25 heavy (non-hydrogen) atoms. The lowest BCUT2D eigenvalue weighted by molar-refractivity contribution is 0.455. The number of aromatic hydroxyl groups is 1. The Bertz CT molecular complexity index is 1100. The standard InChI is InChI=1S/C22H18O3/c23-21-18-12-3-4-14-20(18)25-22(24)19(21)13-6-10-16-9-5-8-15-7-1-2-11-17(15)16/h1-5,7-9,11-12,14,23H,6,10,13H2. The van der Waals surface area contributed by atoms with Crippen LogP contribution in [0, 0.1) is 0 Å². The van der Waals surface area contributed by atoms with Crippen molar-refractivity contribution in [3.05, 3.63) is 88.3 Å². The van der Waals surface area contributed by atoms with Crippen molar-refractivity contribution < 1.29 is 9.52 Å². The lowest BCUT2D eigenvalue weighted by atomic mass is 9.98. The molecule has 0 aliphatic rings. The highest BCUT2D eigenvalue weighted by Crippen LogP contribution is 2.27. The van der Waals surface area contributed by atoms with Crippen molar-refractivity contribution in [1.29, 1.82) is 0 Å². The van der Waals surface area contributed by atoms with Crippen LogP contribution in [0.4, 0.5) is 0 Å². The lowest BCUT2D eigenvalue weighted by Gasteiger charge is -2.08. The summed E-state index contributed by atoms with van der Waals surface area (Å²) in [6.45, 7) is 0. The van der Waals surface area contributed by atoms with Crippen LogP contribution in [-0.2, 0) is 12.8 Å². The van der Waals surface area contributed by atoms with Gasteiger partial charge in [0.05, 0.1) is 10.9 Å². The highest BCUT2D eigenvalue weighted by atomic mass is 16.4. The molecule has 3 heteroatoms. The molecule has 0 atom stereocenters. The molecule has 3 nitrogen and oxygen atoms in total. The highest BCUT2D eigenvalue weighted by molar-refractivity contribution is 5.86. The van der Waals surface area contributed by atoms with Gasteiger partial charge in [-0.25, -0.2) is 4.79 Å². The number of hydrogen-bond acceptors (Lipinski definition) is 3. The van der Waals surface area contributed by atoms with Crippen LogP contribution in [0.25, 0.3) is 21.7 Å². The zero-order valence-electron chi connectivity index (χ0n) is 13.7. The molecule has 3 aromatic carbocycles. The summed E-state index contributed by atoms with van der Waals surface area (Å²) in [6.07, 6.45) is 2.10. The van der Waals surface area contributed by atoms with Gasteiger partial charge in [0.15, 0.2) is 0 Å². The molecule has 0 saturated carbocycles. The molecule has 1 N–H and O–H groups in total. The Morgan fingerprint density at radius 1 is 0.800 bits per heavy atom. The monoisotopic (exact) mass is 330 g/mol. The van der Waals surface area contributed by atoms with E-state index in [9.17, 15) is 9.90 Å². The van der Waals surface area contributed by atoms with Crippen molar-refractivity contribution in [3.8, 4) is 5.75 Å². The van der Waals surface area contributed by atoms with Crippen molar-refractivity contribution in [2.75, 3.05) is 0 Å². The van der Waals surface area contributed by atoms with Gasteiger partial charge in [0, 0.05) is 0 Å². The number of fused-ring (bicyclic) bond motifs is 2. The molecule has 1 aromatic heterocycles. The quantitative estimate of drug-likeness (QED) is 0.545. The van der Waals surface area contributed by atoms with E-state index in [4.69, 9.17) is 4.42 Å². The summed E-state index contributed by atoms with van der Waals surface area (Å²) in [6, 6.07) is 21.6. The van der Waals surface area contributed by atoms with Gasteiger partial charge in [-0.2, -0.15) is 0 Å². The Morgan fingerprint density at radius 2 is 1.52 bits per heavy atom. The van der Waals surface area contributed by atoms with Crippen LogP contribution >= 0.6 is 0 Å². The van der Waals surface area contributed by atoms with Crippen LogP contribution in [0.2, 0.25) is 0 Å². The molecule has 124 valence electrons. The van der Waals surface area contributed by atoms with Gasteiger partial charge in [0.25, 0.3) is 0 Å². The second-order valence-electron chi connectivity index (χ2n) is 6.20. The smallest absolute Gasteiger partial charge is 0.343 e. The Balaban J connectivity index is 1.59. The first kappa shape index (κ1) is 15.5. The van der Waals surface area contributed by atoms with Gasteiger partial charge in [-0.15, -0.1) is 0 Å². The second-order valence-corrected chi connectivity index (χ2v) is 6.20. The Morgan fingerprint density at radius 3 is 2.40 bits per heavy atom. The zero-order valence-corrected chi connectivity index (χ0v) is 13.7. The van der Waals surface area contributed by atoms with Crippen LogP contribution in [-0.4, -0.2) is 5.11 Å². The van der Waals surface area contributed by atoms with Gasteiger partial charge in [-0.05, 0) is 47.7 Å². The first-order chi connectivity index (χ1) is 12.2. The van der Waals surface area contributed by atoms with Gasteiger partial charge in [-0.3, -0.25) is 0 Å². The molecule has 0 saturated heterocycles. The maximum atomic E-state index is 12.2. The molecule has 0 fully saturated rings. The molecular weight excluding hydrogens is 312 g/mol. The average Bonchev–Trinajstić information content (AvgIpc) is 2.64. The summed E-state index contributed by atoms with van der Waals surface area (Å²) in [5.41, 5.74) is 1.58. The second kappa shape index (κ2) is 6.44. The number of benzene rings is 3. The minimum Gasteiger partial charge on any atom is -0.507 e. The molecule has 0 aliphatic heterocycles. The molecule has 4 aromatic rings. The van der Waals surface area contributed by atoms with Crippen LogP contribution in [0.1, 0.15) is 17.5 Å². The van der Waals surface area contributed by atoms with Gasteiger partial charge in [0.2, 0.25) is 0 Å². The van der Waals surface area contributed by atoms with Crippen molar-refractivity contribution in [1.82, 2.24) is 0 Å². The summed E-state index contributed by atoms with van der Waals surface area (Å²) in [5, 5.41) is 13.5. The number of rotatable bonds is 4. The average molecular weight is 330 g/mol. The fourth-order valence-electron chi connectivity index (χ4n) is 3.36. The fourth-order valence-corrected chi connectivity index (χ4v) is 3.36. The third-order valence-corrected chi connectivity index (χ3v) is 4.63. The first-order valence-electron chi connectivity index (χ1n) is 8.44. The molecule has 0 spiro atoms. The minimum atomic E-state index is -0.450. The number of para-hydroxylation sites is 1. The zero-order chi connectivity index (χ0) is 17.2. The Hall–Kier alpha value is -3.07. The van der Waals surface area contributed by atoms with Gasteiger partial charge >= 0.3 is 5.63 Å². The van der Waals surface area contributed by atoms with Crippen LogP contribution < -0.4 is 5.63 Å². The summed E-state index contributed by atoms with van der Waals surface area (Å²) in [5.74, 6) is 0.0461. The maximum Gasteiger partial charge on any atom is 0.343 e. The van der Waals surface area contributed by atoms with E-state index in [1.807, 2.05) is 18.2 Å². The Labute approximate surface area is 145 Å². The predicted molar refractivity (Wildman–Crippen MR) is 100 cm³/mol. The molecule has 0 bridgehead atoms. The van der Waals surface area contributed by atoms with Gasteiger partial charge in [0.1, 0.15) is 11.3 Å². The van der Waals surface area contributed by atoms with E-state index in [2.05, 4.69) is 30.3 Å². The van der Waals surface area contributed by atoms with Crippen molar-refractivity contribution in [3.63, 3.8) is 0 Å². The molecular formula is C22H18O3. The van der Waals surface area contributed by atoms with E-state index in [-0.39, 0.29) is 5.75 Å². The third kappa shape index (κ3) is 2.89. The summed E-state index contributed by atoms with van der Waals surface area (Å²) >= 11 is 0. The van der Waals surface area contributed by atoms with E-state index in [0.29, 0.717) is 23.0 Å². The molecule has 4 rings (SSSR count). The minimum absolute atomic E-state index is 0.0461. The van der Waals surface area contributed by atoms with E-state index < -0.39 is 5.63 Å². The van der Waals surface area contributed by atoms with Crippen molar-refractivity contribution >= 4 is 21.7 Å². The van der Waals surface area contributed by atoms with Crippen LogP contribution in [0.3, 0.4) is 0 Å². The third-order valence-electron chi connectivity index (χ3n) is 4.63. The van der Waals surface area contributed by atoms with Crippen LogP contribution in [0.15, 0.2) is 75.9 Å². The van der Waals surface area contributed by atoms with E-state index in [1.54, 1.807) is 18.2 Å². The molecule has 0 aliphatic carbocycles. The Kier molecular flexibility index (Phi) is 3.98. The van der Waals surface area contributed by atoms with E-state index >= 15 is 0 Å².